The van der Waals surface area contributed by atoms with E-state index in [4.69, 9.17) is 0 Å². The van der Waals surface area contributed by atoms with E-state index in [1.54, 1.807) is 0 Å². The fraction of sp³-hybridized carbons (Fsp3) is 0.538. The maximum absolute atomic E-state index is 3.42. The summed E-state index contributed by atoms with van der Waals surface area (Å²) in [5, 5.41) is 3.42. The van der Waals surface area contributed by atoms with Crippen LogP contribution >= 0.6 is 11.3 Å². The van der Waals surface area contributed by atoms with Crippen LogP contribution in [0.15, 0.2) is 18.2 Å². The predicted octanol–water partition coefficient (Wildman–Crippen LogP) is 3.85. The van der Waals surface area contributed by atoms with Crippen molar-refractivity contribution in [2.45, 2.75) is 40.2 Å². The Hall–Kier alpha value is -0.600. The summed E-state index contributed by atoms with van der Waals surface area (Å²) in [6.45, 7) is 9.78. The topological polar surface area (TPSA) is 12.0 Å². The molecule has 1 nitrogen and oxygen atoms in total. The van der Waals surface area contributed by atoms with Crippen molar-refractivity contribution in [3.05, 3.63) is 28.0 Å². The van der Waals surface area contributed by atoms with Crippen molar-refractivity contribution in [2.75, 3.05) is 6.54 Å². The Labute approximate surface area is 97.2 Å². The van der Waals surface area contributed by atoms with Crippen LogP contribution < -0.4 is 5.32 Å². The molecule has 84 valence electrons. The summed E-state index contributed by atoms with van der Waals surface area (Å²) in [4.78, 5) is 2.79. The molecule has 0 atom stereocenters. The zero-order chi connectivity index (χ0) is 11.3. The lowest BCUT2D eigenvalue weighted by atomic mass is 10.2. The van der Waals surface area contributed by atoms with E-state index in [0.29, 0.717) is 6.04 Å². The summed E-state index contributed by atoms with van der Waals surface area (Å²) in [7, 11) is 0. The number of allylic oxidation sites excluding steroid dienone is 1. The van der Waals surface area contributed by atoms with Crippen LogP contribution in [-0.2, 0) is 0 Å². The van der Waals surface area contributed by atoms with Gasteiger partial charge in [-0.15, -0.1) is 11.3 Å². The molecular weight excluding hydrogens is 202 g/mol. The van der Waals surface area contributed by atoms with E-state index < -0.39 is 0 Å². The second-order valence-electron chi connectivity index (χ2n) is 4.19. The maximum Gasteiger partial charge on any atom is 0.0299 e. The van der Waals surface area contributed by atoms with Crippen LogP contribution in [0.1, 0.15) is 36.9 Å². The van der Waals surface area contributed by atoms with Crippen molar-refractivity contribution in [3.8, 4) is 0 Å². The van der Waals surface area contributed by atoms with Crippen molar-refractivity contribution in [1.82, 2.24) is 5.32 Å². The van der Waals surface area contributed by atoms with Crippen molar-refractivity contribution in [3.63, 3.8) is 0 Å². The molecular formula is C13H21NS. The summed E-state index contributed by atoms with van der Waals surface area (Å²) in [5.74, 6) is 0. The lowest BCUT2D eigenvalue weighted by molar-refractivity contribution is 0.595. The van der Waals surface area contributed by atoms with E-state index in [1.807, 2.05) is 11.3 Å². The van der Waals surface area contributed by atoms with Crippen LogP contribution in [-0.4, -0.2) is 12.6 Å². The van der Waals surface area contributed by atoms with Gasteiger partial charge in [-0.05, 0) is 44.5 Å². The molecule has 0 radical (unpaired) electrons. The molecule has 0 saturated carbocycles. The van der Waals surface area contributed by atoms with Crippen molar-refractivity contribution in [1.29, 1.82) is 0 Å². The van der Waals surface area contributed by atoms with E-state index in [-0.39, 0.29) is 0 Å². The Morgan fingerprint density at radius 1 is 1.47 bits per heavy atom. The van der Waals surface area contributed by atoms with Crippen LogP contribution in [0.4, 0.5) is 0 Å². The Morgan fingerprint density at radius 3 is 2.73 bits per heavy atom. The third-order valence-electron chi connectivity index (χ3n) is 2.28. The molecule has 0 saturated heterocycles. The zero-order valence-corrected chi connectivity index (χ0v) is 10.9. The highest BCUT2D eigenvalue weighted by Gasteiger charge is 1.98. The van der Waals surface area contributed by atoms with Gasteiger partial charge in [-0.3, -0.25) is 0 Å². The number of nitrogens with one attached hydrogen (secondary N) is 1. The van der Waals surface area contributed by atoms with Crippen LogP contribution in [0.2, 0.25) is 0 Å². The second-order valence-corrected chi connectivity index (χ2v) is 5.48. The molecule has 0 bridgehead atoms. The summed E-state index contributed by atoms with van der Waals surface area (Å²) in [5.41, 5.74) is 1.40. The van der Waals surface area contributed by atoms with E-state index in [9.17, 15) is 0 Å². The molecule has 0 fully saturated rings. The van der Waals surface area contributed by atoms with E-state index in [2.05, 4.69) is 51.2 Å². The summed E-state index contributed by atoms with van der Waals surface area (Å²) in [6, 6.07) is 4.98. The van der Waals surface area contributed by atoms with Crippen molar-refractivity contribution >= 4 is 16.9 Å². The van der Waals surface area contributed by atoms with Gasteiger partial charge in [-0.25, -0.2) is 0 Å². The van der Waals surface area contributed by atoms with E-state index in [1.165, 1.54) is 15.3 Å². The van der Waals surface area contributed by atoms with Gasteiger partial charge in [0.15, 0.2) is 0 Å². The Balaban J connectivity index is 2.39. The first-order valence-electron chi connectivity index (χ1n) is 5.56. The molecule has 1 aromatic rings. The minimum absolute atomic E-state index is 0.586. The van der Waals surface area contributed by atoms with Crippen LogP contribution in [0.25, 0.3) is 5.57 Å². The normalized spacial score (nSPS) is 12.5. The van der Waals surface area contributed by atoms with Gasteiger partial charge in [0.1, 0.15) is 0 Å². The smallest absolute Gasteiger partial charge is 0.0299 e. The molecule has 0 aliphatic rings. The first kappa shape index (κ1) is 12.5. The van der Waals surface area contributed by atoms with Crippen LogP contribution in [0.3, 0.4) is 0 Å². The summed E-state index contributed by atoms with van der Waals surface area (Å²) >= 11 is 1.87. The first-order chi connectivity index (χ1) is 7.09. The molecule has 0 unspecified atom stereocenters. The molecule has 0 aliphatic carbocycles. The first-order valence-corrected chi connectivity index (χ1v) is 6.38. The number of hydrogen-bond acceptors (Lipinski definition) is 2. The number of aryl methyl sites for hydroxylation is 1. The monoisotopic (exact) mass is 223 g/mol. The molecule has 0 aromatic carbocycles. The minimum Gasteiger partial charge on any atom is -0.314 e. The van der Waals surface area contributed by atoms with Gasteiger partial charge < -0.3 is 5.32 Å². The van der Waals surface area contributed by atoms with Crippen LogP contribution in [0, 0.1) is 6.92 Å². The Kier molecular flexibility index (Phi) is 5.06. The highest BCUT2D eigenvalue weighted by Crippen LogP contribution is 2.23. The number of hydrogen-bond donors (Lipinski definition) is 1. The molecule has 0 amide bonds. The van der Waals surface area contributed by atoms with Gasteiger partial charge in [-0.1, -0.05) is 19.9 Å². The highest BCUT2D eigenvalue weighted by molar-refractivity contribution is 7.13. The molecule has 1 N–H and O–H groups in total. The Morgan fingerprint density at radius 2 is 2.20 bits per heavy atom. The average Bonchev–Trinajstić information content (AvgIpc) is 2.59. The molecule has 2 heteroatoms. The average molecular weight is 223 g/mol. The lowest BCUT2D eigenvalue weighted by Gasteiger charge is -2.05. The molecule has 0 aliphatic heterocycles. The molecule has 0 spiro atoms. The quantitative estimate of drug-likeness (QED) is 0.748. The van der Waals surface area contributed by atoms with Gasteiger partial charge in [0.05, 0.1) is 0 Å². The number of rotatable bonds is 5. The summed E-state index contributed by atoms with van der Waals surface area (Å²) < 4.78 is 0. The SMILES string of the molecule is CC(=CCCNC(C)C)c1ccc(C)s1. The second kappa shape index (κ2) is 6.09. The molecule has 1 heterocycles. The van der Waals surface area contributed by atoms with Gasteiger partial charge >= 0.3 is 0 Å². The third kappa shape index (κ3) is 4.63. The van der Waals surface area contributed by atoms with E-state index in [0.717, 1.165) is 13.0 Å². The minimum atomic E-state index is 0.586. The molecule has 1 aromatic heterocycles. The van der Waals surface area contributed by atoms with Gasteiger partial charge in [-0.2, -0.15) is 0 Å². The Bertz CT molecular complexity index is 323. The number of thiophene rings is 1. The third-order valence-corrected chi connectivity index (χ3v) is 3.41. The van der Waals surface area contributed by atoms with Crippen LogP contribution in [0.5, 0.6) is 0 Å². The fourth-order valence-electron chi connectivity index (χ4n) is 1.41. The van der Waals surface area contributed by atoms with Crippen molar-refractivity contribution < 1.29 is 0 Å². The summed E-state index contributed by atoms with van der Waals surface area (Å²) in [6.07, 6.45) is 3.43. The van der Waals surface area contributed by atoms with Crippen molar-refractivity contribution in [2.24, 2.45) is 0 Å². The molecule has 1 rings (SSSR count). The zero-order valence-electron chi connectivity index (χ0n) is 10.1. The van der Waals surface area contributed by atoms with E-state index >= 15 is 0 Å². The standard InChI is InChI=1S/C13H21NS/c1-10(2)14-9-5-6-11(3)13-8-7-12(4)15-13/h6-8,10,14H,5,9H2,1-4H3. The largest absolute Gasteiger partial charge is 0.314 e. The van der Waals surface area contributed by atoms with Gasteiger partial charge in [0, 0.05) is 15.8 Å². The fourth-order valence-corrected chi connectivity index (χ4v) is 2.27. The van der Waals surface area contributed by atoms with Gasteiger partial charge in [0.25, 0.3) is 0 Å². The maximum atomic E-state index is 3.42. The highest BCUT2D eigenvalue weighted by atomic mass is 32.1. The van der Waals surface area contributed by atoms with Gasteiger partial charge in [0.2, 0.25) is 0 Å². The lowest BCUT2D eigenvalue weighted by Crippen LogP contribution is -2.23. The molecule has 15 heavy (non-hydrogen) atoms. The predicted molar refractivity (Wildman–Crippen MR) is 70.5 cm³/mol.